The van der Waals surface area contributed by atoms with Gasteiger partial charge in [0.2, 0.25) is 0 Å². The monoisotopic (exact) mass is 228 g/mol. The molecule has 0 spiro atoms. The van der Waals surface area contributed by atoms with Crippen molar-refractivity contribution in [3.8, 4) is 5.75 Å². The fourth-order valence-corrected chi connectivity index (χ4v) is 3.12. The van der Waals surface area contributed by atoms with Crippen LogP contribution in [0.4, 0.5) is 0 Å². The molecule has 0 bridgehead atoms. The van der Waals surface area contributed by atoms with Gasteiger partial charge in [-0.2, -0.15) is 0 Å². The SMILES string of the molecule is C[C@]1(CC2=CCCCC2)COc2ccccc21. The van der Waals surface area contributed by atoms with Gasteiger partial charge in [0.25, 0.3) is 0 Å². The summed E-state index contributed by atoms with van der Waals surface area (Å²) < 4.78 is 5.83. The Kier molecular flexibility index (Phi) is 2.70. The minimum absolute atomic E-state index is 0.194. The van der Waals surface area contributed by atoms with Crippen molar-refractivity contribution in [3.63, 3.8) is 0 Å². The van der Waals surface area contributed by atoms with Crippen LogP contribution < -0.4 is 4.74 Å². The zero-order valence-electron chi connectivity index (χ0n) is 10.5. The lowest BCUT2D eigenvalue weighted by Crippen LogP contribution is -2.24. The van der Waals surface area contributed by atoms with Gasteiger partial charge in [-0.15, -0.1) is 0 Å². The fourth-order valence-electron chi connectivity index (χ4n) is 3.12. The second-order valence-corrected chi connectivity index (χ2v) is 5.63. The highest BCUT2D eigenvalue weighted by Crippen LogP contribution is 2.43. The van der Waals surface area contributed by atoms with E-state index in [1.54, 1.807) is 5.57 Å². The normalized spacial score (nSPS) is 27.2. The lowest BCUT2D eigenvalue weighted by Gasteiger charge is -2.25. The minimum Gasteiger partial charge on any atom is -0.492 e. The summed E-state index contributed by atoms with van der Waals surface area (Å²) in [6.45, 7) is 3.18. The molecule has 1 atom stereocenters. The molecular formula is C16H20O. The van der Waals surface area contributed by atoms with Gasteiger partial charge >= 0.3 is 0 Å². The molecule has 90 valence electrons. The van der Waals surface area contributed by atoms with Gasteiger partial charge in [-0.3, -0.25) is 0 Å². The molecule has 0 N–H and O–H groups in total. The van der Waals surface area contributed by atoms with Crippen LogP contribution in [0.2, 0.25) is 0 Å². The highest BCUT2D eigenvalue weighted by Gasteiger charge is 2.36. The molecule has 0 saturated heterocycles. The van der Waals surface area contributed by atoms with E-state index in [-0.39, 0.29) is 5.41 Å². The number of hydrogen-bond acceptors (Lipinski definition) is 1. The molecule has 17 heavy (non-hydrogen) atoms. The number of benzene rings is 1. The van der Waals surface area contributed by atoms with Gasteiger partial charge in [-0.25, -0.2) is 0 Å². The van der Waals surface area contributed by atoms with E-state index in [9.17, 15) is 0 Å². The summed E-state index contributed by atoms with van der Waals surface area (Å²) in [4.78, 5) is 0. The maximum atomic E-state index is 5.83. The van der Waals surface area contributed by atoms with E-state index < -0.39 is 0 Å². The topological polar surface area (TPSA) is 9.23 Å². The Hall–Kier alpha value is -1.24. The van der Waals surface area contributed by atoms with Gasteiger partial charge in [-0.05, 0) is 38.2 Å². The summed E-state index contributed by atoms with van der Waals surface area (Å²) in [5.41, 5.74) is 3.23. The fraction of sp³-hybridized carbons (Fsp3) is 0.500. The van der Waals surface area contributed by atoms with Gasteiger partial charge in [-0.1, -0.05) is 36.8 Å². The Morgan fingerprint density at radius 3 is 2.94 bits per heavy atom. The average molecular weight is 228 g/mol. The van der Waals surface area contributed by atoms with Gasteiger partial charge in [0, 0.05) is 11.0 Å². The van der Waals surface area contributed by atoms with Crippen LogP contribution in [-0.2, 0) is 5.41 Å². The second-order valence-electron chi connectivity index (χ2n) is 5.63. The molecule has 0 unspecified atom stereocenters. The van der Waals surface area contributed by atoms with E-state index in [0.717, 1.165) is 12.4 Å². The summed E-state index contributed by atoms with van der Waals surface area (Å²) in [7, 11) is 0. The van der Waals surface area contributed by atoms with Crippen LogP contribution in [0.25, 0.3) is 0 Å². The smallest absolute Gasteiger partial charge is 0.123 e. The van der Waals surface area contributed by atoms with E-state index in [2.05, 4.69) is 37.3 Å². The Bertz CT molecular complexity index is 447. The molecule has 1 aromatic carbocycles. The third kappa shape index (κ3) is 1.99. The quantitative estimate of drug-likeness (QED) is 0.688. The van der Waals surface area contributed by atoms with Crippen molar-refractivity contribution >= 4 is 0 Å². The molecule has 0 fully saturated rings. The predicted molar refractivity (Wildman–Crippen MR) is 70.5 cm³/mol. The number of para-hydroxylation sites is 1. The number of allylic oxidation sites excluding steroid dienone is 2. The van der Waals surface area contributed by atoms with Crippen LogP contribution in [0.1, 0.15) is 44.6 Å². The molecule has 1 aliphatic heterocycles. The van der Waals surface area contributed by atoms with E-state index in [0.29, 0.717) is 0 Å². The molecule has 0 aromatic heterocycles. The zero-order chi connectivity index (χ0) is 11.7. The van der Waals surface area contributed by atoms with Gasteiger partial charge < -0.3 is 4.74 Å². The summed E-state index contributed by atoms with van der Waals surface area (Å²) in [5.74, 6) is 1.09. The zero-order valence-corrected chi connectivity index (χ0v) is 10.5. The summed E-state index contributed by atoms with van der Waals surface area (Å²) in [6, 6.07) is 8.51. The maximum absolute atomic E-state index is 5.83. The van der Waals surface area contributed by atoms with Crippen LogP contribution in [0.5, 0.6) is 5.75 Å². The van der Waals surface area contributed by atoms with E-state index in [1.807, 2.05) is 0 Å². The third-order valence-corrected chi connectivity index (χ3v) is 4.09. The number of rotatable bonds is 2. The first kappa shape index (κ1) is 10.9. The predicted octanol–water partition coefficient (Wildman–Crippen LogP) is 4.23. The second kappa shape index (κ2) is 4.21. The molecule has 0 radical (unpaired) electrons. The average Bonchev–Trinajstić information content (AvgIpc) is 2.69. The van der Waals surface area contributed by atoms with Crippen LogP contribution >= 0.6 is 0 Å². The lowest BCUT2D eigenvalue weighted by molar-refractivity contribution is 0.274. The Labute approximate surface area is 103 Å². The summed E-state index contributed by atoms with van der Waals surface area (Å²) in [5, 5.41) is 0. The van der Waals surface area contributed by atoms with Gasteiger partial charge in [0.05, 0.1) is 6.61 Å². The minimum atomic E-state index is 0.194. The molecule has 1 heteroatoms. The first-order valence-electron chi connectivity index (χ1n) is 6.68. The largest absolute Gasteiger partial charge is 0.492 e. The molecule has 1 heterocycles. The summed E-state index contributed by atoms with van der Waals surface area (Å²) >= 11 is 0. The highest BCUT2D eigenvalue weighted by atomic mass is 16.5. The van der Waals surface area contributed by atoms with Crippen LogP contribution in [0.3, 0.4) is 0 Å². The lowest BCUT2D eigenvalue weighted by atomic mass is 9.77. The van der Waals surface area contributed by atoms with Gasteiger partial charge in [0.1, 0.15) is 5.75 Å². The summed E-state index contributed by atoms with van der Waals surface area (Å²) in [6.07, 6.45) is 8.92. The standard InChI is InChI=1S/C16H20O/c1-16(11-13-7-3-2-4-8-13)12-17-15-10-6-5-9-14(15)16/h5-7,9-10H,2-4,8,11-12H2,1H3/t16-/m0/s1. The molecule has 0 saturated carbocycles. The van der Waals surface area contributed by atoms with E-state index >= 15 is 0 Å². The molecular weight excluding hydrogens is 208 g/mol. The van der Waals surface area contributed by atoms with Crippen molar-refractivity contribution in [2.45, 2.75) is 44.4 Å². The maximum Gasteiger partial charge on any atom is 0.123 e. The van der Waals surface area contributed by atoms with Crippen molar-refractivity contribution in [2.24, 2.45) is 0 Å². The van der Waals surface area contributed by atoms with Crippen LogP contribution in [0, 0.1) is 0 Å². The molecule has 1 nitrogen and oxygen atoms in total. The van der Waals surface area contributed by atoms with Crippen molar-refractivity contribution in [2.75, 3.05) is 6.61 Å². The van der Waals surface area contributed by atoms with Crippen molar-refractivity contribution in [1.29, 1.82) is 0 Å². The molecule has 0 amide bonds. The van der Waals surface area contributed by atoms with E-state index in [4.69, 9.17) is 4.74 Å². The molecule has 1 aliphatic carbocycles. The van der Waals surface area contributed by atoms with Crippen molar-refractivity contribution < 1.29 is 4.74 Å². The first-order chi connectivity index (χ1) is 8.28. The van der Waals surface area contributed by atoms with Crippen LogP contribution in [-0.4, -0.2) is 6.61 Å². The first-order valence-corrected chi connectivity index (χ1v) is 6.68. The van der Waals surface area contributed by atoms with Crippen LogP contribution in [0.15, 0.2) is 35.9 Å². The molecule has 3 rings (SSSR count). The highest BCUT2D eigenvalue weighted by molar-refractivity contribution is 5.44. The number of hydrogen-bond donors (Lipinski definition) is 0. The molecule has 1 aromatic rings. The Morgan fingerprint density at radius 1 is 1.24 bits per heavy atom. The van der Waals surface area contributed by atoms with Crippen molar-refractivity contribution in [1.82, 2.24) is 0 Å². The van der Waals surface area contributed by atoms with Gasteiger partial charge in [0.15, 0.2) is 0 Å². The number of fused-ring (bicyclic) bond motifs is 1. The van der Waals surface area contributed by atoms with E-state index in [1.165, 1.54) is 37.7 Å². The Balaban J connectivity index is 1.85. The molecule has 2 aliphatic rings. The Morgan fingerprint density at radius 2 is 2.12 bits per heavy atom. The van der Waals surface area contributed by atoms with Crippen molar-refractivity contribution in [3.05, 3.63) is 41.5 Å². The third-order valence-electron chi connectivity index (χ3n) is 4.09. The number of ether oxygens (including phenoxy) is 1.